The lowest BCUT2D eigenvalue weighted by Crippen LogP contribution is -2.04. The molecule has 0 aromatic heterocycles. The van der Waals surface area contributed by atoms with E-state index in [9.17, 15) is 4.79 Å². The molecule has 0 spiro atoms. The summed E-state index contributed by atoms with van der Waals surface area (Å²) >= 11 is 0. The Kier molecular flexibility index (Phi) is 2.26. The van der Waals surface area contributed by atoms with Crippen LogP contribution in [0.5, 0.6) is 0 Å². The van der Waals surface area contributed by atoms with Gasteiger partial charge in [-0.1, -0.05) is 18.2 Å². The summed E-state index contributed by atoms with van der Waals surface area (Å²) in [6.07, 6.45) is 9.60. The summed E-state index contributed by atoms with van der Waals surface area (Å²) in [5, 5.41) is 0. The monoisotopic (exact) mass is 137 g/mol. The zero-order valence-corrected chi connectivity index (χ0v) is 5.79. The highest BCUT2D eigenvalue weighted by atomic mass is 16.1. The predicted molar refractivity (Wildman–Crippen MR) is 40.2 cm³/mol. The second kappa shape index (κ2) is 3.20. The second-order valence-corrected chi connectivity index (χ2v) is 2.48. The molecule has 0 aromatic rings. The van der Waals surface area contributed by atoms with Gasteiger partial charge in [-0.15, -0.1) is 0 Å². The maximum Gasteiger partial charge on any atom is 0.241 e. The highest BCUT2D eigenvalue weighted by Crippen LogP contribution is 2.29. The van der Waals surface area contributed by atoms with Crippen LogP contribution in [0.4, 0.5) is 0 Å². The zero-order chi connectivity index (χ0) is 7.40. The molecule has 0 bridgehead atoms. The van der Waals surface area contributed by atoms with Crippen molar-refractivity contribution in [1.29, 1.82) is 0 Å². The van der Waals surface area contributed by atoms with Gasteiger partial charge < -0.3 is 5.73 Å². The van der Waals surface area contributed by atoms with Gasteiger partial charge in [-0.05, 0) is 18.8 Å². The van der Waals surface area contributed by atoms with Gasteiger partial charge in [-0.2, -0.15) is 0 Å². The molecule has 2 nitrogen and oxygen atoms in total. The molecule has 0 radical (unpaired) electrons. The minimum Gasteiger partial charge on any atom is -0.366 e. The van der Waals surface area contributed by atoms with Crippen LogP contribution in [-0.2, 0) is 4.79 Å². The lowest BCUT2D eigenvalue weighted by Gasteiger charge is -1.77. The minimum atomic E-state index is -0.388. The number of allylic oxidation sites excluding steroid dienone is 3. The van der Waals surface area contributed by atoms with Gasteiger partial charge >= 0.3 is 0 Å². The Balaban J connectivity index is 2.18. The van der Waals surface area contributed by atoms with Crippen LogP contribution in [0.2, 0.25) is 0 Å². The van der Waals surface area contributed by atoms with E-state index in [1.54, 1.807) is 6.08 Å². The Labute approximate surface area is 60.4 Å². The van der Waals surface area contributed by atoms with Crippen molar-refractivity contribution < 1.29 is 4.79 Å². The number of hydrogen-bond acceptors (Lipinski definition) is 1. The molecule has 10 heavy (non-hydrogen) atoms. The summed E-state index contributed by atoms with van der Waals surface area (Å²) in [6, 6.07) is 0. The van der Waals surface area contributed by atoms with Crippen LogP contribution in [0.1, 0.15) is 12.8 Å². The average molecular weight is 137 g/mol. The van der Waals surface area contributed by atoms with Gasteiger partial charge in [0.05, 0.1) is 0 Å². The SMILES string of the molecule is NC(=O)/C=C/C=C/C1CC1. The van der Waals surface area contributed by atoms with Gasteiger partial charge in [0.15, 0.2) is 0 Å². The van der Waals surface area contributed by atoms with Crippen molar-refractivity contribution in [1.82, 2.24) is 0 Å². The number of primary amides is 1. The molecule has 1 amide bonds. The van der Waals surface area contributed by atoms with Crippen molar-refractivity contribution in [2.75, 3.05) is 0 Å². The van der Waals surface area contributed by atoms with Crippen molar-refractivity contribution >= 4 is 5.91 Å². The lowest BCUT2D eigenvalue weighted by molar-refractivity contribution is -0.113. The summed E-state index contributed by atoms with van der Waals surface area (Å²) in [6.45, 7) is 0. The van der Waals surface area contributed by atoms with E-state index in [-0.39, 0.29) is 5.91 Å². The van der Waals surface area contributed by atoms with E-state index in [2.05, 4.69) is 6.08 Å². The van der Waals surface area contributed by atoms with Gasteiger partial charge in [0, 0.05) is 6.08 Å². The Morgan fingerprint density at radius 1 is 1.40 bits per heavy atom. The number of amides is 1. The molecule has 1 aliphatic rings. The molecule has 0 aliphatic heterocycles. The van der Waals surface area contributed by atoms with Crippen LogP contribution in [-0.4, -0.2) is 5.91 Å². The van der Waals surface area contributed by atoms with Crippen LogP contribution < -0.4 is 5.73 Å². The average Bonchev–Trinajstić information content (AvgIpc) is 2.62. The summed E-state index contributed by atoms with van der Waals surface area (Å²) in [5.41, 5.74) is 4.87. The van der Waals surface area contributed by atoms with E-state index in [1.165, 1.54) is 18.9 Å². The van der Waals surface area contributed by atoms with E-state index >= 15 is 0 Å². The van der Waals surface area contributed by atoms with Gasteiger partial charge in [0.2, 0.25) is 5.91 Å². The summed E-state index contributed by atoms with van der Waals surface area (Å²) < 4.78 is 0. The number of nitrogens with two attached hydrogens (primary N) is 1. The molecular weight excluding hydrogens is 126 g/mol. The van der Waals surface area contributed by atoms with Gasteiger partial charge in [-0.3, -0.25) is 4.79 Å². The van der Waals surface area contributed by atoms with Crippen LogP contribution in [0.3, 0.4) is 0 Å². The molecule has 1 aliphatic carbocycles. The molecule has 54 valence electrons. The number of hydrogen-bond donors (Lipinski definition) is 1. The topological polar surface area (TPSA) is 43.1 Å². The maximum absolute atomic E-state index is 10.2. The fraction of sp³-hybridized carbons (Fsp3) is 0.375. The highest BCUT2D eigenvalue weighted by molar-refractivity contribution is 5.85. The smallest absolute Gasteiger partial charge is 0.241 e. The molecule has 2 heteroatoms. The largest absolute Gasteiger partial charge is 0.366 e. The maximum atomic E-state index is 10.2. The summed E-state index contributed by atoms with van der Waals surface area (Å²) in [4.78, 5) is 10.2. The molecule has 0 atom stereocenters. The van der Waals surface area contributed by atoms with Crippen molar-refractivity contribution in [2.45, 2.75) is 12.8 Å². The van der Waals surface area contributed by atoms with E-state index in [4.69, 9.17) is 5.73 Å². The standard InChI is InChI=1S/C8H11NO/c9-8(10)4-2-1-3-7-5-6-7/h1-4,7H,5-6H2,(H2,9,10)/b3-1+,4-2+. The predicted octanol–water partition coefficient (Wildman–Crippen LogP) is 0.994. The molecular formula is C8H11NO. The van der Waals surface area contributed by atoms with Crippen LogP contribution in [0.25, 0.3) is 0 Å². The number of carbonyl (C=O) groups excluding carboxylic acids is 1. The molecule has 1 rings (SSSR count). The number of carbonyl (C=O) groups is 1. The molecule has 1 fully saturated rings. The molecule has 0 saturated heterocycles. The Bertz CT molecular complexity index is 178. The first-order valence-electron chi connectivity index (χ1n) is 3.43. The second-order valence-electron chi connectivity index (χ2n) is 2.48. The van der Waals surface area contributed by atoms with Crippen molar-refractivity contribution in [3.63, 3.8) is 0 Å². The highest BCUT2D eigenvalue weighted by Gasteiger charge is 2.16. The van der Waals surface area contributed by atoms with Crippen molar-refractivity contribution in [3.05, 3.63) is 24.3 Å². The third-order valence-electron chi connectivity index (χ3n) is 1.38. The first-order chi connectivity index (χ1) is 4.79. The first-order valence-corrected chi connectivity index (χ1v) is 3.43. The van der Waals surface area contributed by atoms with E-state index in [1.807, 2.05) is 6.08 Å². The summed E-state index contributed by atoms with van der Waals surface area (Å²) in [5.74, 6) is 0.373. The van der Waals surface area contributed by atoms with Crippen LogP contribution in [0, 0.1) is 5.92 Å². The van der Waals surface area contributed by atoms with Crippen molar-refractivity contribution in [2.24, 2.45) is 11.7 Å². The fourth-order valence-electron chi connectivity index (χ4n) is 0.660. The number of rotatable bonds is 3. The zero-order valence-electron chi connectivity index (χ0n) is 5.79. The van der Waals surface area contributed by atoms with Crippen LogP contribution in [0.15, 0.2) is 24.3 Å². The molecule has 0 aromatic carbocycles. The van der Waals surface area contributed by atoms with E-state index in [0.717, 1.165) is 5.92 Å². The van der Waals surface area contributed by atoms with Gasteiger partial charge in [-0.25, -0.2) is 0 Å². The molecule has 0 unspecified atom stereocenters. The van der Waals surface area contributed by atoms with E-state index < -0.39 is 0 Å². The van der Waals surface area contributed by atoms with Crippen LogP contribution >= 0.6 is 0 Å². The van der Waals surface area contributed by atoms with Gasteiger partial charge in [0.1, 0.15) is 0 Å². The third-order valence-corrected chi connectivity index (χ3v) is 1.38. The molecule has 0 heterocycles. The van der Waals surface area contributed by atoms with E-state index in [0.29, 0.717) is 0 Å². The molecule has 2 N–H and O–H groups in total. The normalized spacial score (nSPS) is 18.8. The molecule has 1 saturated carbocycles. The fourth-order valence-corrected chi connectivity index (χ4v) is 0.660. The quantitative estimate of drug-likeness (QED) is 0.457. The lowest BCUT2D eigenvalue weighted by atomic mass is 10.3. The Hall–Kier alpha value is -1.05. The third kappa shape index (κ3) is 3.07. The Morgan fingerprint density at radius 3 is 2.60 bits per heavy atom. The van der Waals surface area contributed by atoms with Crippen molar-refractivity contribution in [3.8, 4) is 0 Å². The first kappa shape index (κ1) is 7.06. The minimum absolute atomic E-state index is 0.388. The Morgan fingerprint density at radius 2 is 2.10 bits per heavy atom. The summed E-state index contributed by atoms with van der Waals surface area (Å²) in [7, 11) is 0. The van der Waals surface area contributed by atoms with Gasteiger partial charge in [0.25, 0.3) is 0 Å².